The van der Waals surface area contributed by atoms with Crippen molar-refractivity contribution >= 4 is 27.0 Å². The Morgan fingerprint density at radius 1 is 0.920 bits per heavy atom. The van der Waals surface area contributed by atoms with Gasteiger partial charge in [-0.25, -0.2) is 4.98 Å². The highest BCUT2D eigenvalue weighted by Gasteiger charge is 2.14. The lowest BCUT2D eigenvalue weighted by Gasteiger charge is -2.12. The van der Waals surface area contributed by atoms with Crippen LogP contribution in [0.4, 0.5) is 0 Å². The first-order valence-corrected chi connectivity index (χ1v) is 8.88. The molecule has 0 spiro atoms. The second kappa shape index (κ2) is 6.73. The van der Waals surface area contributed by atoms with Crippen molar-refractivity contribution < 1.29 is 4.74 Å². The Labute approximate surface area is 155 Å². The van der Waals surface area contributed by atoms with E-state index < -0.39 is 0 Å². The summed E-state index contributed by atoms with van der Waals surface area (Å²) in [5.74, 6) is 1.85. The third-order valence-electron chi connectivity index (χ3n) is 4.28. The maximum Gasteiger partial charge on any atom is 0.141 e. The van der Waals surface area contributed by atoms with Crippen molar-refractivity contribution in [2.75, 3.05) is 7.11 Å². The molecule has 0 saturated heterocycles. The number of rotatable bonds is 4. The summed E-state index contributed by atoms with van der Waals surface area (Å²) in [5.41, 5.74) is 4.34. The van der Waals surface area contributed by atoms with Gasteiger partial charge in [-0.1, -0.05) is 58.4 Å². The Kier molecular flexibility index (Phi) is 4.28. The van der Waals surface area contributed by atoms with Crippen LogP contribution in [0.5, 0.6) is 5.75 Å². The van der Waals surface area contributed by atoms with Crippen molar-refractivity contribution in [1.29, 1.82) is 0 Å². The molecule has 4 rings (SSSR count). The van der Waals surface area contributed by atoms with Crippen molar-refractivity contribution in [2.45, 2.75) is 6.54 Å². The van der Waals surface area contributed by atoms with Crippen LogP contribution >= 0.6 is 15.9 Å². The van der Waals surface area contributed by atoms with Gasteiger partial charge in [0.05, 0.1) is 24.7 Å². The monoisotopic (exact) mass is 392 g/mol. The third-order valence-corrected chi connectivity index (χ3v) is 4.81. The zero-order valence-electron chi connectivity index (χ0n) is 13.8. The van der Waals surface area contributed by atoms with Gasteiger partial charge in [-0.15, -0.1) is 0 Å². The molecule has 25 heavy (non-hydrogen) atoms. The first kappa shape index (κ1) is 15.9. The molecular weight excluding hydrogens is 376 g/mol. The highest BCUT2D eigenvalue weighted by molar-refractivity contribution is 9.10. The smallest absolute Gasteiger partial charge is 0.141 e. The number of aromatic nitrogens is 2. The molecule has 0 unspecified atom stereocenters. The Balaban J connectivity index is 1.89. The Hall–Kier alpha value is -2.59. The van der Waals surface area contributed by atoms with E-state index in [0.717, 1.165) is 38.2 Å². The van der Waals surface area contributed by atoms with Gasteiger partial charge in [0.25, 0.3) is 0 Å². The van der Waals surface area contributed by atoms with Gasteiger partial charge < -0.3 is 9.30 Å². The van der Waals surface area contributed by atoms with Crippen LogP contribution in [0, 0.1) is 0 Å². The van der Waals surface area contributed by atoms with Gasteiger partial charge in [-0.05, 0) is 30.3 Å². The molecule has 0 atom stereocenters. The predicted molar refractivity (Wildman–Crippen MR) is 105 cm³/mol. The van der Waals surface area contributed by atoms with Gasteiger partial charge in [0, 0.05) is 15.6 Å². The average Bonchev–Trinajstić information content (AvgIpc) is 3.01. The van der Waals surface area contributed by atoms with Crippen LogP contribution in [0.1, 0.15) is 5.56 Å². The van der Waals surface area contributed by atoms with Crippen LogP contribution in [-0.2, 0) is 6.54 Å². The molecule has 0 aliphatic rings. The molecule has 0 aliphatic heterocycles. The molecule has 124 valence electrons. The van der Waals surface area contributed by atoms with Crippen molar-refractivity contribution in [3.05, 3.63) is 82.8 Å². The minimum Gasteiger partial charge on any atom is -0.496 e. The number of hydrogen-bond acceptors (Lipinski definition) is 2. The quantitative estimate of drug-likeness (QED) is 0.456. The summed E-state index contributed by atoms with van der Waals surface area (Å²) in [6, 6.07) is 24.6. The van der Waals surface area contributed by atoms with Gasteiger partial charge in [0.1, 0.15) is 11.6 Å². The molecular formula is C21H17BrN2O. The first-order valence-electron chi connectivity index (χ1n) is 8.09. The number of ether oxygens (including phenoxy) is 1. The second-order valence-corrected chi connectivity index (χ2v) is 6.74. The molecule has 0 bridgehead atoms. The fourth-order valence-corrected chi connectivity index (χ4v) is 3.32. The van der Waals surface area contributed by atoms with E-state index in [9.17, 15) is 0 Å². The summed E-state index contributed by atoms with van der Waals surface area (Å²) in [6.07, 6.45) is 0. The van der Waals surface area contributed by atoms with Gasteiger partial charge >= 0.3 is 0 Å². The van der Waals surface area contributed by atoms with E-state index in [0.29, 0.717) is 6.54 Å². The van der Waals surface area contributed by atoms with Crippen molar-refractivity contribution in [3.8, 4) is 17.1 Å². The zero-order chi connectivity index (χ0) is 17.2. The standard InChI is InChI=1S/C21H17BrN2O/c1-25-20-9-5-2-6-16(20)14-24-19-8-4-3-7-18(19)23-21(24)15-10-12-17(22)13-11-15/h2-13H,14H2,1H3. The number of para-hydroxylation sites is 3. The zero-order valence-corrected chi connectivity index (χ0v) is 15.4. The van der Waals surface area contributed by atoms with Crippen LogP contribution in [0.15, 0.2) is 77.3 Å². The number of methoxy groups -OCH3 is 1. The summed E-state index contributed by atoms with van der Waals surface area (Å²) in [5, 5.41) is 0. The van der Waals surface area contributed by atoms with Gasteiger partial charge in [-0.3, -0.25) is 0 Å². The fraction of sp³-hybridized carbons (Fsp3) is 0.0952. The summed E-state index contributed by atoms with van der Waals surface area (Å²) in [7, 11) is 1.71. The van der Waals surface area contributed by atoms with E-state index in [2.05, 4.69) is 50.8 Å². The molecule has 0 radical (unpaired) electrons. The number of halogens is 1. The summed E-state index contributed by atoms with van der Waals surface area (Å²) < 4.78 is 8.83. The van der Waals surface area contributed by atoms with Crippen LogP contribution in [-0.4, -0.2) is 16.7 Å². The number of benzene rings is 3. The number of imidazole rings is 1. The maximum absolute atomic E-state index is 5.53. The molecule has 1 aromatic heterocycles. The molecule has 0 N–H and O–H groups in total. The molecule has 0 fully saturated rings. The van der Waals surface area contributed by atoms with Crippen molar-refractivity contribution in [1.82, 2.24) is 9.55 Å². The average molecular weight is 393 g/mol. The number of hydrogen-bond donors (Lipinski definition) is 0. The lowest BCUT2D eigenvalue weighted by atomic mass is 10.1. The molecule has 0 saturated carbocycles. The van der Waals surface area contributed by atoms with Crippen LogP contribution in [0.25, 0.3) is 22.4 Å². The Morgan fingerprint density at radius 2 is 1.64 bits per heavy atom. The normalized spacial score (nSPS) is 11.0. The third kappa shape index (κ3) is 3.05. The molecule has 3 aromatic carbocycles. The number of fused-ring (bicyclic) bond motifs is 1. The minimum absolute atomic E-state index is 0.704. The Bertz CT molecular complexity index is 1020. The van der Waals surface area contributed by atoms with Gasteiger partial charge in [0.15, 0.2) is 0 Å². The fourth-order valence-electron chi connectivity index (χ4n) is 3.06. The van der Waals surface area contributed by atoms with E-state index in [4.69, 9.17) is 9.72 Å². The summed E-state index contributed by atoms with van der Waals surface area (Å²) in [4.78, 5) is 4.87. The highest BCUT2D eigenvalue weighted by atomic mass is 79.9. The van der Waals surface area contributed by atoms with E-state index in [1.54, 1.807) is 7.11 Å². The largest absolute Gasteiger partial charge is 0.496 e. The first-order chi connectivity index (χ1) is 12.3. The molecule has 0 aliphatic carbocycles. The predicted octanol–water partition coefficient (Wildman–Crippen LogP) is 5.52. The van der Waals surface area contributed by atoms with Crippen molar-refractivity contribution in [3.63, 3.8) is 0 Å². The van der Waals surface area contributed by atoms with Crippen LogP contribution < -0.4 is 4.74 Å². The molecule has 0 amide bonds. The molecule has 4 heteroatoms. The SMILES string of the molecule is COc1ccccc1Cn1c(-c2ccc(Br)cc2)nc2ccccc21. The van der Waals surface area contributed by atoms with Crippen LogP contribution in [0.3, 0.4) is 0 Å². The van der Waals surface area contributed by atoms with E-state index in [1.165, 1.54) is 0 Å². The maximum atomic E-state index is 5.53. The van der Waals surface area contributed by atoms with E-state index >= 15 is 0 Å². The second-order valence-electron chi connectivity index (χ2n) is 5.83. The molecule has 3 nitrogen and oxygen atoms in total. The van der Waals surface area contributed by atoms with E-state index in [1.807, 2.05) is 42.5 Å². The van der Waals surface area contributed by atoms with Crippen LogP contribution in [0.2, 0.25) is 0 Å². The molecule has 4 aromatic rings. The van der Waals surface area contributed by atoms with E-state index in [-0.39, 0.29) is 0 Å². The lowest BCUT2D eigenvalue weighted by Crippen LogP contribution is -2.04. The summed E-state index contributed by atoms with van der Waals surface area (Å²) >= 11 is 3.50. The van der Waals surface area contributed by atoms with Gasteiger partial charge in [0.2, 0.25) is 0 Å². The highest BCUT2D eigenvalue weighted by Crippen LogP contribution is 2.28. The molecule has 1 heterocycles. The lowest BCUT2D eigenvalue weighted by molar-refractivity contribution is 0.408. The summed E-state index contributed by atoms with van der Waals surface area (Å²) in [6.45, 7) is 0.704. The van der Waals surface area contributed by atoms with Gasteiger partial charge in [-0.2, -0.15) is 0 Å². The van der Waals surface area contributed by atoms with Crippen molar-refractivity contribution in [2.24, 2.45) is 0 Å². The number of nitrogens with zero attached hydrogens (tertiary/aromatic N) is 2. The minimum atomic E-state index is 0.704. The Morgan fingerprint density at radius 3 is 2.44 bits per heavy atom. The topological polar surface area (TPSA) is 27.1 Å².